The highest BCUT2D eigenvalue weighted by molar-refractivity contribution is 9.10. The molecular weight excluding hydrogens is 430 g/mol. The number of carbonyl (C=O) groups is 1. The predicted octanol–water partition coefficient (Wildman–Crippen LogP) is 5.30. The van der Waals surface area contributed by atoms with Crippen LogP contribution in [0.15, 0.2) is 92.5 Å². The molecule has 0 N–H and O–H groups in total. The maximum Gasteiger partial charge on any atom is 0.291 e. The Morgan fingerprint density at radius 2 is 1.59 bits per heavy atom. The predicted molar refractivity (Wildman–Crippen MR) is 115 cm³/mol. The van der Waals surface area contributed by atoms with Crippen LogP contribution in [0, 0.1) is 0 Å². The number of carbonyl (C=O) groups excluding carboxylic acids is 1. The normalized spacial score (nSPS) is 15.7. The van der Waals surface area contributed by atoms with E-state index in [4.69, 9.17) is 4.42 Å². The van der Waals surface area contributed by atoms with Gasteiger partial charge in [0.2, 0.25) is 5.76 Å². The zero-order chi connectivity index (χ0) is 20.0. The van der Waals surface area contributed by atoms with Gasteiger partial charge in [-0.25, -0.2) is 0 Å². The van der Waals surface area contributed by atoms with Gasteiger partial charge in [-0.05, 0) is 29.3 Å². The molecular formula is C24H16BrNO3. The molecule has 1 aromatic heterocycles. The first-order valence-electron chi connectivity index (χ1n) is 9.29. The lowest BCUT2D eigenvalue weighted by molar-refractivity contribution is 0.0714. The van der Waals surface area contributed by atoms with E-state index in [0.717, 1.165) is 15.6 Å². The van der Waals surface area contributed by atoms with E-state index >= 15 is 0 Å². The fraction of sp³-hybridized carbons (Fsp3) is 0.0833. The van der Waals surface area contributed by atoms with Crippen molar-refractivity contribution in [1.29, 1.82) is 0 Å². The number of hydrogen-bond donors (Lipinski definition) is 0. The van der Waals surface area contributed by atoms with Crippen LogP contribution in [0.1, 0.15) is 33.3 Å². The van der Waals surface area contributed by atoms with Crippen molar-refractivity contribution in [1.82, 2.24) is 4.90 Å². The van der Waals surface area contributed by atoms with Gasteiger partial charge in [-0.2, -0.15) is 0 Å². The molecule has 0 radical (unpaired) electrons. The number of amides is 1. The van der Waals surface area contributed by atoms with E-state index in [1.807, 2.05) is 60.7 Å². The van der Waals surface area contributed by atoms with Crippen molar-refractivity contribution >= 4 is 32.8 Å². The molecule has 4 nitrogen and oxygen atoms in total. The van der Waals surface area contributed by atoms with Crippen LogP contribution in [0.5, 0.6) is 0 Å². The molecule has 29 heavy (non-hydrogen) atoms. The lowest BCUT2D eigenvalue weighted by Crippen LogP contribution is -2.29. The largest absolute Gasteiger partial charge is 0.450 e. The monoisotopic (exact) mass is 445 g/mol. The van der Waals surface area contributed by atoms with Gasteiger partial charge in [-0.1, -0.05) is 76.6 Å². The van der Waals surface area contributed by atoms with Gasteiger partial charge in [0.25, 0.3) is 5.91 Å². The van der Waals surface area contributed by atoms with Crippen molar-refractivity contribution < 1.29 is 9.21 Å². The van der Waals surface area contributed by atoms with Gasteiger partial charge in [-0.15, -0.1) is 0 Å². The summed E-state index contributed by atoms with van der Waals surface area (Å²) in [5.41, 5.74) is 2.54. The zero-order valence-corrected chi connectivity index (χ0v) is 16.9. The molecule has 2 heterocycles. The van der Waals surface area contributed by atoms with Gasteiger partial charge in [0, 0.05) is 11.0 Å². The molecule has 0 bridgehead atoms. The maximum absolute atomic E-state index is 13.4. The summed E-state index contributed by atoms with van der Waals surface area (Å²) in [6, 6.07) is 24.2. The first-order chi connectivity index (χ1) is 14.1. The number of halogens is 1. The molecule has 4 aromatic rings. The van der Waals surface area contributed by atoms with E-state index in [1.54, 1.807) is 23.1 Å². The first-order valence-corrected chi connectivity index (χ1v) is 10.1. The van der Waals surface area contributed by atoms with Crippen LogP contribution in [0.3, 0.4) is 0 Å². The van der Waals surface area contributed by atoms with Crippen molar-refractivity contribution in [2.24, 2.45) is 0 Å². The smallest absolute Gasteiger partial charge is 0.291 e. The second-order valence-electron chi connectivity index (χ2n) is 7.05. The Bertz CT molecular complexity index is 1280. The molecule has 1 aliphatic heterocycles. The molecule has 0 fully saturated rings. The van der Waals surface area contributed by atoms with Gasteiger partial charge in [0.1, 0.15) is 5.58 Å². The van der Waals surface area contributed by atoms with Crippen LogP contribution in [-0.4, -0.2) is 10.8 Å². The number of benzene rings is 3. The second-order valence-corrected chi connectivity index (χ2v) is 7.96. The molecule has 0 saturated heterocycles. The molecule has 3 aromatic carbocycles. The SMILES string of the molecule is O=C1c2oc3ccc(Br)cc3c(=O)c2C(c2ccccc2)N1Cc1ccccc1. The van der Waals surface area contributed by atoms with Crippen molar-refractivity contribution in [2.75, 3.05) is 0 Å². The number of fused-ring (bicyclic) bond motifs is 2. The third kappa shape index (κ3) is 2.98. The Hall–Kier alpha value is -3.18. The summed E-state index contributed by atoms with van der Waals surface area (Å²) in [5.74, 6) is -0.130. The van der Waals surface area contributed by atoms with Gasteiger partial charge in [0.05, 0.1) is 17.0 Å². The van der Waals surface area contributed by atoms with Crippen molar-refractivity contribution in [2.45, 2.75) is 12.6 Å². The van der Waals surface area contributed by atoms with Gasteiger partial charge >= 0.3 is 0 Å². The highest BCUT2D eigenvalue weighted by atomic mass is 79.9. The Labute approximate surface area is 175 Å². The summed E-state index contributed by atoms with van der Waals surface area (Å²) >= 11 is 3.42. The fourth-order valence-electron chi connectivity index (χ4n) is 3.92. The van der Waals surface area contributed by atoms with Gasteiger partial charge in [0.15, 0.2) is 5.43 Å². The summed E-state index contributed by atoms with van der Waals surface area (Å²) in [7, 11) is 0. The van der Waals surface area contributed by atoms with E-state index in [0.29, 0.717) is 23.1 Å². The van der Waals surface area contributed by atoms with Crippen LogP contribution in [0.4, 0.5) is 0 Å². The summed E-state index contributed by atoms with van der Waals surface area (Å²) < 4.78 is 6.75. The van der Waals surface area contributed by atoms with Crippen molar-refractivity contribution in [3.63, 3.8) is 0 Å². The molecule has 142 valence electrons. The Balaban J connectivity index is 1.74. The number of rotatable bonds is 3. The topological polar surface area (TPSA) is 50.5 Å². The van der Waals surface area contributed by atoms with E-state index in [1.165, 1.54) is 0 Å². The van der Waals surface area contributed by atoms with Crippen LogP contribution < -0.4 is 5.43 Å². The summed E-state index contributed by atoms with van der Waals surface area (Å²) in [6.07, 6.45) is 0. The summed E-state index contributed by atoms with van der Waals surface area (Å²) in [5, 5.41) is 0.466. The van der Waals surface area contributed by atoms with Crippen LogP contribution >= 0.6 is 15.9 Å². The van der Waals surface area contributed by atoms with Crippen molar-refractivity contribution in [3.05, 3.63) is 116 Å². The van der Waals surface area contributed by atoms with Gasteiger partial charge in [-0.3, -0.25) is 9.59 Å². The molecule has 1 atom stereocenters. The maximum atomic E-state index is 13.4. The molecule has 5 rings (SSSR count). The third-order valence-corrected chi connectivity index (χ3v) is 5.73. The van der Waals surface area contributed by atoms with E-state index in [9.17, 15) is 9.59 Å². The molecule has 0 aliphatic carbocycles. The summed E-state index contributed by atoms with van der Waals surface area (Å²) in [4.78, 5) is 28.5. The van der Waals surface area contributed by atoms with Gasteiger partial charge < -0.3 is 9.32 Å². The standard InChI is InChI=1S/C24H16BrNO3/c25-17-11-12-19-18(13-17)22(27)20-21(16-9-5-2-6-10-16)26(24(28)23(20)29-19)14-15-7-3-1-4-8-15/h1-13,21H,14H2. The number of hydrogen-bond acceptors (Lipinski definition) is 3. The van der Waals surface area contributed by atoms with E-state index in [2.05, 4.69) is 15.9 Å². The fourth-order valence-corrected chi connectivity index (χ4v) is 4.28. The second kappa shape index (κ2) is 7.01. The van der Waals surface area contributed by atoms with E-state index < -0.39 is 6.04 Å². The molecule has 0 spiro atoms. The third-order valence-electron chi connectivity index (χ3n) is 5.24. The van der Waals surface area contributed by atoms with Crippen molar-refractivity contribution in [3.8, 4) is 0 Å². The minimum atomic E-state index is -0.487. The van der Waals surface area contributed by atoms with Crippen LogP contribution in [0.25, 0.3) is 11.0 Å². The minimum absolute atomic E-state index is 0.134. The lowest BCUT2D eigenvalue weighted by Gasteiger charge is -2.25. The van der Waals surface area contributed by atoms with Crippen LogP contribution in [0.2, 0.25) is 0 Å². The zero-order valence-electron chi connectivity index (χ0n) is 15.3. The average molecular weight is 446 g/mol. The number of nitrogens with zero attached hydrogens (tertiary/aromatic N) is 1. The molecule has 5 heteroatoms. The molecule has 1 aliphatic rings. The highest BCUT2D eigenvalue weighted by Crippen LogP contribution is 2.39. The quantitative estimate of drug-likeness (QED) is 0.429. The van der Waals surface area contributed by atoms with E-state index in [-0.39, 0.29) is 17.1 Å². The Morgan fingerprint density at radius 1 is 0.897 bits per heavy atom. The van der Waals surface area contributed by atoms with Crippen LogP contribution in [-0.2, 0) is 6.54 Å². The molecule has 0 saturated carbocycles. The lowest BCUT2D eigenvalue weighted by atomic mass is 9.98. The first kappa shape index (κ1) is 17.9. The minimum Gasteiger partial charge on any atom is -0.450 e. The molecule has 1 amide bonds. The highest BCUT2D eigenvalue weighted by Gasteiger charge is 2.42. The average Bonchev–Trinajstić information content (AvgIpc) is 3.02. The Morgan fingerprint density at radius 3 is 2.31 bits per heavy atom. The molecule has 1 unspecified atom stereocenters. The summed E-state index contributed by atoms with van der Waals surface area (Å²) in [6.45, 7) is 0.392. The Kier molecular flexibility index (Phi) is 4.32.